The maximum Gasteiger partial charge on any atom is 0.119 e. The smallest absolute Gasteiger partial charge is 0.119 e. The van der Waals surface area contributed by atoms with E-state index in [0.717, 1.165) is 18.8 Å². The van der Waals surface area contributed by atoms with Gasteiger partial charge in [0.15, 0.2) is 0 Å². The minimum absolute atomic E-state index is 0.704. The highest BCUT2D eigenvalue weighted by Crippen LogP contribution is 2.08. The largest absolute Gasteiger partial charge is 0.492 e. The number of nitrogens with one attached hydrogen (secondary N) is 1. The number of thiophene rings is 1. The fraction of sp³-hybridized carbons (Fsp3) is 0.231. The predicted molar refractivity (Wildman–Crippen MR) is 68.0 cm³/mol. The summed E-state index contributed by atoms with van der Waals surface area (Å²) in [4.78, 5) is 1.36. The van der Waals surface area contributed by atoms with Crippen LogP contribution >= 0.6 is 11.3 Å². The highest BCUT2D eigenvalue weighted by Gasteiger charge is 1.93. The van der Waals surface area contributed by atoms with Gasteiger partial charge in [-0.25, -0.2) is 0 Å². The molecule has 0 unspecified atom stereocenters. The van der Waals surface area contributed by atoms with Crippen molar-refractivity contribution in [3.8, 4) is 5.75 Å². The van der Waals surface area contributed by atoms with Crippen molar-refractivity contribution in [2.24, 2.45) is 0 Å². The molecule has 16 heavy (non-hydrogen) atoms. The summed E-state index contributed by atoms with van der Waals surface area (Å²) in [5.74, 6) is 0.931. The summed E-state index contributed by atoms with van der Waals surface area (Å²) in [5.41, 5.74) is 0. The third kappa shape index (κ3) is 3.68. The Hall–Kier alpha value is -1.32. The van der Waals surface area contributed by atoms with Crippen molar-refractivity contribution in [1.82, 2.24) is 5.32 Å². The van der Waals surface area contributed by atoms with Gasteiger partial charge in [-0.3, -0.25) is 0 Å². The third-order valence-electron chi connectivity index (χ3n) is 2.17. The van der Waals surface area contributed by atoms with E-state index in [2.05, 4.69) is 22.8 Å². The Morgan fingerprint density at radius 1 is 1.06 bits per heavy atom. The molecule has 84 valence electrons. The van der Waals surface area contributed by atoms with Crippen LogP contribution in [-0.4, -0.2) is 13.2 Å². The second-order valence-electron chi connectivity index (χ2n) is 3.42. The van der Waals surface area contributed by atoms with Crippen LogP contribution in [0.1, 0.15) is 4.88 Å². The summed E-state index contributed by atoms with van der Waals surface area (Å²) in [5, 5.41) is 5.44. The molecule has 0 fully saturated rings. The van der Waals surface area contributed by atoms with Gasteiger partial charge in [0.2, 0.25) is 0 Å². The number of ether oxygens (including phenoxy) is 1. The molecule has 0 saturated heterocycles. The molecule has 0 radical (unpaired) electrons. The minimum atomic E-state index is 0.704. The van der Waals surface area contributed by atoms with Gasteiger partial charge < -0.3 is 10.1 Å². The van der Waals surface area contributed by atoms with Crippen molar-refractivity contribution in [2.45, 2.75) is 6.54 Å². The fourth-order valence-corrected chi connectivity index (χ4v) is 2.06. The summed E-state index contributed by atoms with van der Waals surface area (Å²) in [6, 6.07) is 14.1. The molecule has 0 spiro atoms. The van der Waals surface area contributed by atoms with Crippen molar-refractivity contribution in [2.75, 3.05) is 13.2 Å². The zero-order chi connectivity index (χ0) is 11.1. The van der Waals surface area contributed by atoms with Crippen molar-refractivity contribution in [1.29, 1.82) is 0 Å². The molecule has 0 aliphatic heterocycles. The molecule has 0 bridgehead atoms. The van der Waals surface area contributed by atoms with E-state index in [1.165, 1.54) is 4.88 Å². The average Bonchev–Trinajstić information content (AvgIpc) is 2.83. The number of benzene rings is 1. The molecule has 0 atom stereocenters. The monoisotopic (exact) mass is 233 g/mol. The van der Waals surface area contributed by atoms with Gasteiger partial charge in [-0.05, 0) is 23.6 Å². The molecule has 2 nitrogen and oxygen atoms in total. The van der Waals surface area contributed by atoms with E-state index < -0.39 is 0 Å². The fourth-order valence-electron chi connectivity index (χ4n) is 1.38. The standard InChI is InChI=1S/C13H15NOS/c1-2-5-12(6-3-1)15-9-8-14-11-13-7-4-10-16-13/h1-7,10,14H,8-9,11H2. The van der Waals surface area contributed by atoms with E-state index in [0.29, 0.717) is 6.61 Å². The van der Waals surface area contributed by atoms with Gasteiger partial charge in [0.25, 0.3) is 0 Å². The van der Waals surface area contributed by atoms with Crippen LogP contribution in [0.4, 0.5) is 0 Å². The lowest BCUT2D eigenvalue weighted by Crippen LogP contribution is -2.20. The molecular formula is C13H15NOS. The highest BCUT2D eigenvalue weighted by molar-refractivity contribution is 7.09. The molecule has 0 amide bonds. The molecule has 3 heteroatoms. The van der Waals surface area contributed by atoms with E-state index in [1.54, 1.807) is 11.3 Å². The van der Waals surface area contributed by atoms with Crippen LogP contribution in [0.2, 0.25) is 0 Å². The van der Waals surface area contributed by atoms with E-state index in [1.807, 2.05) is 30.3 Å². The SMILES string of the molecule is c1ccc(OCCNCc2cccs2)cc1. The highest BCUT2D eigenvalue weighted by atomic mass is 32.1. The van der Waals surface area contributed by atoms with Gasteiger partial charge >= 0.3 is 0 Å². The summed E-state index contributed by atoms with van der Waals surface area (Å²) in [7, 11) is 0. The molecule has 1 aromatic heterocycles. The molecule has 0 aliphatic rings. The van der Waals surface area contributed by atoms with Crippen LogP contribution in [0.3, 0.4) is 0 Å². The molecule has 2 aromatic rings. The first-order valence-electron chi connectivity index (χ1n) is 5.36. The molecule has 1 aromatic carbocycles. The van der Waals surface area contributed by atoms with Gasteiger partial charge in [0, 0.05) is 18.0 Å². The number of hydrogen-bond donors (Lipinski definition) is 1. The first-order chi connectivity index (χ1) is 7.95. The maximum atomic E-state index is 5.57. The zero-order valence-corrected chi connectivity index (χ0v) is 9.87. The van der Waals surface area contributed by atoms with Gasteiger partial charge in [-0.15, -0.1) is 11.3 Å². The van der Waals surface area contributed by atoms with Gasteiger partial charge in [-0.1, -0.05) is 24.3 Å². The van der Waals surface area contributed by atoms with E-state index in [9.17, 15) is 0 Å². The van der Waals surface area contributed by atoms with Crippen molar-refractivity contribution >= 4 is 11.3 Å². The summed E-state index contributed by atoms with van der Waals surface area (Å²) in [6.07, 6.45) is 0. The molecular weight excluding hydrogens is 218 g/mol. The first-order valence-corrected chi connectivity index (χ1v) is 6.24. The second-order valence-corrected chi connectivity index (χ2v) is 4.45. The molecule has 2 rings (SSSR count). The van der Waals surface area contributed by atoms with Crippen molar-refractivity contribution < 1.29 is 4.74 Å². The summed E-state index contributed by atoms with van der Waals surface area (Å²) >= 11 is 1.77. The quantitative estimate of drug-likeness (QED) is 0.775. The van der Waals surface area contributed by atoms with Crippen LogP contribution in [0.15, 0.2) is 47.8 Å². The maximum absolute atomic E-state index is 5.57. The number of para-hydroxylation sites is 1. The topological polar surface area (TPSA) is 21.3 Å². The molecule has 0 aliphatic carbocycles. The van der Waals surface area contributed by atoms with Crippen molar-refractivity contribution in [3.05, 3.63) is 52.7 Å². The summed E-state index contributed by atoms with van der Waals surface area (Å²) < 4.78 is 5.57. The first kappa shape index (κ1) is 11.2. The minimum Gasteiger partial charge on any atom is -0.492 e. The van der Waals surface area contributed by atoms with Crippen LogP contribution in [0, 0.1) is 0 Å². The van der Waals surface area contributed by atoms with E-state index in [4.69, 9.17) is 4.74 Å². The van der Waals surface area contributed by atoms with Crippen LogP contribution in [0.25, 0.3) is 0 Å². The number of rotatable bonds is 6. The Morgan fingerprint density at radius 2 is 1.94 bits per heavy atom. The summed E-state index contributed by atoms with van der Waals surface area (Å²) in [6.45, 7) is 2.50. The Kier molecular flexibility index (Phi) is 4.40. The van der Waals surface area contributed by atoms with Gasteiger partial charge in [0.05, 0.1) is 0 Å². The lowest BCUT2D eigenvalue weighted by atomic mass is 10.3. The van der Waals surface area contributed by atoms with Crippen molar-refractivity contribution in [3.63, 3.8) is 0 Å². The van der Waals surface area contributed by atoms with Crippen LogP contribution in [-0.2, 0) is 6.54 Å². The van der Waals surface area contributed by atoms with E-state index in [-0.39, 0.29) is 0 Å². The third-order valence-corrected chi connectivity index (χ3v) is 3.05. The van der Waals surface area contributed by atoms with Crippen LogP contribution < -0.4 is 10.1 Å². The second kappa shape index (κ2) is 6.30. The number of hydrogen-bond acceptors (Lipinski definition) is 3. The average molecular weight is 233 g/mol. The van der Waals surface area contributed by atoms with Crippen LogP contribution in [0.5, 0.6) is 5.75 Å². The zero-order valence-electron chi connectivity index (χ0n) is 9.06. The molecule has 1 N–H and O–H groups in total. The lowest BCUT2D eigenvalue weighted by molar-refractivity contribution is 0.314. The Morgan fingerprint density at radius 3 is 2.69 bits per heavy atom. The van der Waals surface area contributed by atoms with Gasteiger partial charge in [-0.2, -0.15) is 0 Å². The lowest BCUT2D eigenvalue weighted by Gasteiger charge is -2.06. The molecule has 1 heterocycles. The normalized spacial score (nSPS) is 10.2. The Balaban J connectivity index is 1.59. The van der Waals surface area contributed by atoms with E-state index >= 15 is 0 Å². The Labute approximate surface area is 99.9 Å². The predicted octanol–water partition coefficient (Wildman–Crippen LogP) is 2.92. The molecule has 0 saturated carbocycles. The Bertz CT molecular complexity index is 386. The van der Waals surface area contributed by atoms with Gasteiger partial charge in [0.1, 0.15) is 12.4 Å².